The third-order valence-corrected chi connectivity index (χ3v) is 2.57. The van der Waals surface area contributed by atoms with E-state index in [4.69, 9.17) is 5.73 Å². The lowest BCUT2D eigenvalue weighted by Gasteiger charge is -2.18. The lowest BCUT2D eigenvalue weighted by Crippen LogP contribution is -2.35. The minimum absolute atomic E-state index is 0.0837. The van der Waals surface area contributed by atoms with E-state index < -0.39 is 17.3 Å². The molecule has 0 bridgehead atoms. The van der Waals surface area contributed by atoms with Crippen LogP contribution in [-0.2, 0) is 12.7 Å². The molecule has 0 spiro atoms. The minimum Gasteiger partial charge on any atom is -0.326 e. The molecule has 0 saturated heterocycles. The fraction of sp³-hybridized carbons (Fsp3) is 0.545. The van der Waals surface area contributed by atoms with Gasteiger partial charge in [0.1, 0.15) is 0 Å². The summed E-state index contributed by atoms with van der Waals surface area (Å²) in [6, 6.07) is 1.34. The van der Waals surface area contributed by atoms with Crippen LogP contribution in [0.15, 0.2) is 23.1 Å². The highest BCUT2D eigenvalue weighted by atomic mass is 19.4. The number of nitrogens with two attached hydrogens (primary N) is 1. The van der Waals surface area contributed by atoms with Crippen molar-refractivity contribution in [3.63, 3.8) is 0 Å². The fourth-order valence-electron chi connectivity index (χ4n) is 1.28. The first-order valence-electron chi connectivity index (χ1n) is 5.25. The minimum atomic E-state index is -4.45. The van der Waals surface area contributed by atoms with Crippen LogP contribution in [0.4, 0.5) is 13.2 Å². The molecule has 6 heteroatoms. The number of aromatic nitrogens is 1. The molecule has 0 aliphatic carbocycles. The van der Waals surface area contributed by atoms with E-state index in [1.165, 1.54) is 0 Å². The molecule has 0 saturated carbocycles. The zero-order valence-electron chi connectivity index (χ0n) is 9.66. The van der Waals surface area contributed by atoms with E-state index in [1.807, 2.05) is 13.8 Å². The number of halogens is 3. The highest BCUT2D eigenvalue weighted by Gasteiger charge is 2.31. The number of hydrogen-bond acceptors (Lipinski definition) is 2. The fourth-order valence-corrected chi connectivity index (χ4v) is 1.28. The number of nitrogens with zero attached hydrogens (tertiary/aromatic N) is 1. The van der Waals surface area contributed by atoms with Crippen molar-refractivity contribution in [3.8, 4) is 0 Å². The zero-order valence-corrected chi connectivity index (χ0v) is 9.66. The molecule has 2 N–H and O–H groups in total. The Morgan fingerprint density at radius 1 is 1.35 bits per heavy atom. The number of hydrogen-bond donors (Lipinski definition) is 1. The molecule has 1 atom stereocenters. The molecule has 0 radical (unpaired) electrons. The van der Waals surface area contributed by atoms with Crippen molar-refractivity contribution >= 4 is 0 Å². The molecule has 1 unspecified atom stereocenters. The Morgan fingerprint density at radius 2 is 1.94 bits per heavy atom. The average Bonchev–Trinajstić information content (AvgIpc) is 2.19. The van der Waals surface area contributed by atoms with E-state index in [9.17, 15) is 18.0 Å². The predicted octanol–water partition coefficient (Wildman–Crippen LogP) is 1.85. The maximum atomic E-state index is 12.4. The van der Waals surface area contributed by atoms with E-state index >= 15 is 0 Å². The molecule has 1 heterocycles. The molecular formula is C11H15F3N2O. The summed E-state index contributed by atoms with van der Waals surface area (Å²) in [5.41, 5.74) is 4.42. The standard InChI is InChI=1S/C11H15F3N2O/c1-7(2)9(15)6-16-5-8(11(12,13)14)3-4-10(16)17/h3-5,7,9H,6,15H2,1-2H3. The molecule has 1 rings (SSSR count). The SMILES string of the molecule is CC(C)C(N)Cn1cc(C(F)(F)F)ccc1=O. The van der Waals surface area contributed by atoms with Gasteiger partial charge in [-0.2, -0.15) is 13.2 Å². The lowest BCUT2D eigenvalue weighted by molar-refractivity contribution is -0.138. The first kappa shape index (κ1) is 13.8. The molecule has 0 aliphatic heterocycles. The maximum Gasteiger partial charge on any atom is 0.417 e. The summed E-state index contributed by atoms with van der Waals surface area (Å²) in [5, 5.41) is 0. The quantitative estimate of drug-likeness (QED) is 0.887. The third-order valence-electron chi connectivity index (χ3n) is 2.57. The van der Waals surface area contributed by atoms with Crippen LogP contribution in [0.2, 0.25) is 0 Å². The molecule has 96 valence electrons. The van der Waals surface area contributed by atoms with Crippen molar-refractivity contribution in [2.75, 3.05) is 0 Å². The molecule has 0 aliphatic rings. The second-order valence-corrected chi connectivity index (χ2v) is 4.31. The number of rotatable bonds is 3. The highest BCUT2D eigenvalue weighted by molar-refractivity contribution is 5.13. The molecule has 3 nitrogen and oxygen atoms in total. The molecule has 1 aromatic rings. The van der Waals surface area contributed by atoms with Crippen LogP contribution in [0.3, 0.4) is 0 Å². The Labute approximate surface area is 97.0 Å². The molecule has 0 amide bonds. The van der Waals surface area contributed by atoms with Gasteiger partial charge in [-0.05, 0) is 12.0 Å². The van der Waals surface area contributed by atoms with Crippen molar-refractivity contribution in [1.82, 2.24) is 4.57 Å². The average molecular weight is 248 g/mol. The third kappa shape index (κ3) is 3.59. The van der Waals surface area contributed by atoms with E-state index in [-0.39, 0.29) is 18.5 Å². The summed E-state index contributed by atoms with van der Waals surface area (Å²) < 4.78 is 38.4. The van der Waals surface area contributed by atoms with E-state index in [0.29, 0.717) is 0 Å². The first-order chi connectivity index (χ1) is 7.71. The van der Waals surface area contributed by atoms with Crippen LogP contribution >= 0.6 is 0 Å². The number of pyridine rings is 1. The van der Waals surface area contributed by atoms with Gasteiger partial charge in [-0.15, -0.1) is 0 Å². The van der Waals surface area contributed by atoms with Gasteiger partial charge in [0, 0.05) is 24.8 Å². The predicted molar refractivity (Wildman–Crippen MR) is 58.5 cm³/mol. The lowest BCUT2D eigenvalue weighted by atomic mass is 10.1. The summed E-state index contributed by atoms with van der Waals surface area (Å²) >= 11 is 0. The molecule has 17 heavy (non-hydrogen) atoms. The zero-order chi connectivity index (χ0) is 13.2. The van der Waals surface area contributed by atoms with Crippen molar-refractivity contribution in [3.05, 3.63) is 34.2 Å². The van der Waals surface area contributed by atoms with Crippen LogP contribution in [0.25, 0.3) is 0 Å². The second kappa shape index (κ2) is 4.91. The van der Waals surface area contributed by atoms with Gasteiger partial charge in [0.25, 0.3) is 5.56 Å². The van der Waals surface area contributed by atoms with Crippen LogP contribution in [0.1, 0.15) is 19.4 Å². The topological polar surface area (TPSA) is 48.0 Å². The summed E-state index contributed by atoms with van der Waals surface area (Å²) in [6.45, 7) is 3.78. The molecular weight excluding hydrogens is 233 g/mol. The first-order valence-corrected chi connectivity index (χ1v) is 5.25. The van der Waals surface area contributed by atoms with E-state index in [1.54, 1.807) is 0 Å². The van der Waals surface area contributed by atoms with Crippen LogP contribution in [0, 0.1) is 5.92 Å². The van der Waals surface area contributed by atoms with Crippen molar-refractivity contribution in [2.24, 2.45) is 11.7 Å². The van der Waals surface area contributed by atoms with Gasteiger partial charge in [0.15, 0.2) is 0 Å². The van der Waals surface area contributed by atoms with Gasteiger partial charge in [-0.1, -0.05) is 13.8 Å². The summed E-state index contributed by atoms with van der Waals surface area (Å²) in [5.74, 6) is 0.0939. The van der Waals surface area contributed by atoms with Gasteiger partial charge in [-0.25, -0.2) is 0 Å². The Morgan fingerprint density at radius 3 is 2.41 bits per heavy atom. The van der Waals surface area contributed by atoms with Crippen LogP contribution < -0.4 is 11.3 Å². The summed E-state index contributed by atoms with van der Waals surface area (Å²) in [6.07, 6.45) is -3.64. The Balaban J connectivity index is 3.04. The number of alkyl halides is 3. The molecule has 0 fully saturated rings. The highest BCUT2D eigenvalue weighted by Crippen LogP contribution is 2.28. The summed E-state index contributed by atoms with van der Waals surface area (Å²) in [4.78, 5) is 11.4. The van der Waals surface area contributed by atoms with Gasteiger partial charge < -0.3 is 10.3 Å². The Hall–Kier alpha value is -1.30. The van der Waals surface area contributed by atoms with Gasteiger partial charge >= 0.3 is 6.18 Å². The summed E-state index contributed by atoms with van der Waals surface area (Å²) in [7, 11) is 0. The monoisotopic (exact) mass is 248 g/mol. The smallest absolute Gasteiger partial charge is 0.326 e. The van der Waals surface area contributed by atoms with E-state index in [2.05, 4.69) is 0 Å². The Kier molecular flexibility index (Phi) is 3.98. The Bertz CT molecular complexity index is 437. The van der Waals surface area contributed by atoms with Crippen molar-refractivity contribution in [2.45, 2.75) is 32.6 Å². The van der Waals surface area contributed by atoms with Gasteiger partial charge in [-0.3, -0.25) is 4.79 Å². The molecule has 0 aromatic carbocycles. The second-order valence-electron chi connectivity index (χ2n) is 4.31. The normalized spacial score (nSPS) is 14.1. The van der Waals surface area contributed by atoms with Gasteiger partial charge in [0.05, 0.1) is 5.56 Å². The largest absolute Gasteiger partial charge is 0.417 e. The molecule has 1 aromatic heterocycles. The van der Waals surface area contributed by atoms with Crippen molar-refractivity contribution in [1.29, 1.82) is 0 Å². The van der Waals surface area contributed by atoms with Crippen LogP contribution in [-0.4, -0.2) is 10.6 Å². The van der Waals surface area contributed by atoms with Gasteiger partial charge in [0.2, 0.25) is 0 Å². The van der Waals surface area contributed by atoms with E-state index in [0.717, 1.165) is 22.9 Å². The van der Waals surface area contributed by atoms with Crippen molar-refractivity contribution < 1.29 is 13.2 Å². The van der Waals surface area contributed by atoms with Crippen LogP contribution in [0.5, 0.6) is 0 Å². The maximum absolute atomic E-state index is 12.4.